The van der Waals surface area contributed by atoms with Crippen LogP contribution in [0, 0.1) is 11.8 Å². The van der Waals surface area contributed by atoms with Crippen molar-refractivity contribution in [1.82, 2.24) is 10.2 Å². The second-order valence-corrected chi connectivity index (χ2v) is 4.73. The van der Waals surface area contributed by atoms with Crippen molar-refractivity contribution < 1.29 is 0 Å². The van der Waals surface area contributed by atoms with E-state index in [1.165, 1.54) is 39.0 Å². The first-order chi connectivity index (χ1) is 6.43. The highest BCUT2D eigenvalue weighted by atomic mass is 15.3. The van der Waals surface area contributed by atoms with Crippen LogP contribution in [0.5, 0.6) is 0 Å². The van der Waals surface area contributed by atoms with Gasteiger partial charge in [-0.3, -0.25) is 4.90 Å². The van der Waals surface area contributed by atoms with Gasteiger partial charge < -0.3 is 5.32 Å². The van der Waals surface area contributed by atoms with Gasteiger partial charge in [-0.05, 0) is 24.7 Å². The summed E-state index contributed by atoms with van der Waals surface area (Å²) >= 11 is 0. The monoisotopic (exact) mass is 178 g/mol. The van der Waals surface area contributed by atoms with Gasteiger partial charge in [-0.15, -0.1) is 0 Å². The van der Waals surface area contributed by atoms with Crippen molar-refractivity contribution in [3.63, 3.8) is 0 Å². The first-order valence-electron chi connectivity index (χ1n) is 5.53. The van der Waals surface area contributed by atoms with Gasteiger partial charge in [0, 0.05) is 32.2 Å². The summed E-state index contributed by atoms with van der Waals surface area (Å²) in [4.78, 5) is 2.71. The standard InChI is InChI=1S/C11H18N2/c1-2-4-10-8-13(7-9(10)3-1)11-5-12-6-11/h1-2,9-12H,3-8H2. The summed E-state index contributed by atoms with van der Waals surface area (Å²) in [5, 5.41) is 3.36. The van der Waals surface area contributed by atoms with Crippen LogP contribution in [-0.2, 0) is 0 Å². The minimum Gasteiger partial charge on any atom is -0.314 e. The molecule has 13 heavy (non-hydrogen) atoms. The van der Waals surface area contributed by atoms with Crippen molar-refractivity contribution in [3.8, 4) is 0 Å². The molecule has 2 nitrogen and oxygen atoms in total. The van der Waals surface area contributed by atoms with Crippen molar-refractivity contribution in [2.24, 2.45) is 11.8 Å². The zero-order chi connectivity index (χ0) is 8.67. The van der Waals surface area contributed by atoms with E-state index in [-0.39, 0.29) is 0 Å². The second kappa shape index (κ2) is 3.10. The Bertz CT molecular complexity index is 204. The molecule has 0 aromatic carbocycles. The predicted molar refractivity (Wildman–Crippen MR) is 53.6 cm³/mol. The molecule has 2 heteroatoms. The number of allylic oxidation sites excluding steroid dienone is 2. The average molecular weight is 178 g/mol. The van der Waals surface area contributed by atoms with Crippen LogP contribution in [-0.4, -0.2) is 37.1 Å². The lowest BCUT2D eigenvalue weighted by molar-refractivity contribution is 0.171. The van der Waals surface area contributed by atoms with Gasteiger partial charge in [-0.25, -0.2) is 0 Å². The maximum atomic E-state index is 3.36. The van der Waals surface area contributed by atoms with Gasteiger partial charge in [0.25, 0.3) is 0 Å². The van der Waals surface area contributed by atoms with Crippen molar-refractivity contribution in [2.45, 2.75) is 18.9 Å². The molecule has 2 unspecified atom stereocenters. The first-order valence-corrected chi connectivity index (χ1v) is 5.53. The molecule has 2 fully saturated rings. The average Bonchev–Trinajstić information content (AvgIpc) is 2.43. The molecule has 0 aromatic heterocycles. The molecule has 1 aliphatic carbocycles. The first kappa shape index (κ1) is 8.01. The van der Waals surface area contributed by atoms with Crippen LogP contribution in [0.4, 0.5) is 0 Å². The summed E-state index contributed by atoms with van der Waals surface area (Å²) < 4.78 is 0. The number of likely N-dealkylation sites (tertiary alicyclic amines) is 1. The van der Waals surface area contributed by atoms with Crippen LogP contribution in [0.15, 0.2) is 12.2 Å². The molecule has 2 atom stereocenters. The second-order valence-electron chi connectivity index (χ2n) is 4.73. The minimum atomic E-state index is 0.866. The summed E-state index contributed by atoms with van der Waals surface area (Å²) in [6.45, 7) is 5.18. The van der Waals surface area contributed by atoms with Crippen LogP contribution in [0.2, 0.25) is 0 Å². The lowest BCUT2D eigenvalue weighted by Crippen LogP contribution is -2.56. The Labute approximate surface area is 80.0 Å². The highest BCUT2D eigenvalue weighted by Gasteiger charge is 2.37. The van der Waals surface area contributed by atoms with Gasteiger partial charge >= 0.3 is 0 Å². The third-order valence-corrected chi connectivity index (χ3v) is 3.93. The third-order valence-electron chi connectivity index (χ3n) is 3.93. The smallest absolute Gasteiger partial charge is 0.0345 e. The van der Waals surface area contributed by atoms with E-state index in [0.717, 1.165) is 17.9 Å². The number of nitrogens with one attached hydrogen (secondary N) is 1. The van der Waals surface area contributed by atoms with Gasteiger partial charge in [-0.2, -0.15) is 0 Å². The van der Waals surface area contributed by atoms with Crippen LogP contribution >= 0.6 is 0 Å². The van der Waals surface area contributed by atoms with Crippen LogP contribution in [0.1, 0.15) is 12.8 Å². The molecule has 0 spiro atoms. The van der Waals surface area contributed by atoms with Crippen molar-refractivity contribution in [2.75, 3.05) is 26.2 Å². The minimum absolute atomic E-state index is 0.866. The molecule has 0 bridgehead atoms. The molecule has 0 amide bonds. The Kier molecular flexibility index (Phi) is 1.91. The zero-order valence-electron chi connectivity index (χ0n) is 8.08. The Hall–Kier alpha value is -0.340. The van der Waals surface area contributed by atoms with Crippen molar-refractivity contribution in [1.29, 1.82) is 0 Å². The third kappa shape index (κ3) is 1.32. The normalized spacial score (nSPS) is 40.3. The molecule has 3 aliphatic rings. The Morgan fingerprint density at radius 1 is 1.00 bits per heavy atom. The van der Waals surface area contributed by atoms with Crippen molar-refractivity contribution in [3.05, 3.63) is 12.2 Å². The van der Waals surface area contributed by atoms with E-state index in [2.05, 4.69) is 22.4 Å². The largest absolute Gasteiger partial charge is 0.314 e. The number of hydrogen-bond acceptors (Lipinski definition) is 2. The summed E-state index contributed by atoms with van der Waals surface area (Å²) in [5.41, 5.74) is 0. The molecular formula is C11H18N2. The summed E-state index contributed by atoms with van der Waals surface area (Å²) in [6.07, 6.45) is 7.43. The van der Waals surface area contributed by atoms with Crippen LogP contribution in [0.3, 0.4) is 0 Å². The highest BCUT2D eigenvalue weighted by molar-refractivity contribution is 5.01. The fourth-order valence-electron chi connectivity index (χ4n) is 2.88. The summed E-state index contributed by atoms with van der Waals surface area (Å²) in [6, 6.07) is 0.866. The Morgan fingerprint density at radius 3 is 2.08 bits per heavy atom. The summed E-state index contributed by atoms with van der Waals surface area (Å²) in [7, 11) is 0. The fourth-order valence-corrected chi connectivity index (χ4v) is 2.88. The molecule has 0 aromatic rings. The van der Waals surface area contributed by atoms with E-state index in [1.54, 1.807) is 0 Å². The predicted octanol–water partition coefficient (Wildman–Crippen LogP) is 0.856. The van der Waals surface area contributed by atoms with Gasteiger partial charge in [0.2, 0.25) is 0 Å². The molecule has 2 heterocycles. The quantitative estimate of drug-likeness (QED) is 0.599. The highest BCUT2D eigenvalue weighted by Crippen LogP contribution is 2.33. The topological polar surface area (TPSA) is 15.3 Å². The van der Waals surface area contributed by atoms with E-state index >= 15 is 0 Å². The summed E-state index contributed by atoms with van der Waals surface area (Å²) in [5.74, 6) is 1.95. The lowest BCUT2D eigenvalue weighted by atomic mass is 9.86. The van der Waals surface area contributed by atoms with Crippen molar-refractivity contribution >= 4 is 0 Å². The number of hydrogen-bond donors (Lipinski definition) is 1. The van der Waals surface area contributed by atoms with Gasteiger partial charge in [-0.1, -0.05) is 12.2 Å². The molecule has 72 valence electrons. The lowest BCUT2D eigenvalue weighted by Gasteiger charge is -2.35. The molecule has 0 saturated carbocycles. The number of fused-ring (bicyclic) bond motifs is 1. The van der Waals surface area contributed by atoms with E-state index in [1.807, 2.05) is 0 Å². The maximum Gasteiger partial charge on any atom is 0.0345 e. The van der Waals surface area contributed by atoms with E-state index in [0.29, 0.717) is 0 Å². The van der Waals surface area contributed by atoms with Crippen LogP contribution < -0.4 is 5.32 Å². The number of nitrogens with zero attached hydrogens (tertiary/aromatic N) is 1. The Morgan fingerprint density at radius 2 is 1.62 bits per heavy atom. The molecule has 2 saturated heterocycles. The van der Waals surface area contributed by atoms with Gasteiger partial charge in [0.1, 0.15) is 0 Å². The molecule has 0 radical (unpaired) electrons. The molecule has 1 N–H and O–H groups in total. The molecule has 2 aliphatic heterocycles. The van der Waals surface area contributed by atoms with E-state index in [9.17, 15) is 0 Å². The molecule has 3 rings (SSSR count). The van der Waals surface area contributed by atoms with Gasteiger partial charge in [0.15, 0.2) is 0 Å². The van der Waals surface area contributed by atoms with E-state index < -0.39 is 0 Å². The maximum absolute atomic E-state index is 3.36. The van der Waals surface area contributed by atoms with E-state index in [4.69, 9.17) is 0 Å². The zero-order valence-corrected chi connectivity index (χ0v) is 8.08. The SMILES string of the molecule is C1=CCC2CN(C3CNC3)CC2C1. The fraction of sp³-hybridized carbons (Fsp3) is 0.818. The molecular weight excluding hydrogens is 160 g/mol. The van der Waals surface area contributed by atoms with Gasteiger partial charge in [0.05, 0.1) is 0 Å². The van der Waals surface area contributed by atoms with Crippen LogP contribution in [0.25, 0.3) is 0 Å². The Balaban J connectivity index is 1.64. The number of rotatable bonds is 1.